The lowest BCUT2D eigenvalue weighted by molar-refractivity contribution is -0.0193. The van der Waals surface area contributed by atoms with Crippen LogP contribution in [0.15, 0.2) is 77.9 Å². The Morgan fingerprint density at radius 2 is 1.93 bits per heavy atom. The summed E-state index contributed by atoms with van der Waals surface area (Å²) in [5.41, 5.74) is 3.86. The Morgan fingerprint density at radius 3 is 2.72 bits per heavy atom. The van der Waals surface area contributed by atoms with Gasteiger partial charge in [0.05, 0.1) is 18.4 Å². The molecule has 4 nitrogen and oxygen atoms in total. The zero-order valence-electron chi connectivity index (χ0n) is 16.1. The first kappa shape index (κ1) is 17.7. The SMILES string of the molecule is CCOc1ccc2c(c1)C1CC(c3ccccc3)=NN1C(c1cccc(F)c1)O2. The standard InChI is InChI=1S/C24H21FN2O2/c1-2-28-19-11-12-23-20(14-19)22-15-21(16-7-4-3-5-8-16)26-27(22)24(29-23)17-9-6-10-18(25)13-17/h3-14,22,24H,2,15H2,1H3. The minimum atomic E-state index is -0.484. The highest BCUT2D eigenvalue weighted by atomic mass is 19.1. The molecule has 0 radical (unpaired) electrons. The van der Waals surface area contributed by atoms with Crippen LogP contribution in [0.1, 0.15) is 42.3 Å². The van der Waals surface area contributed by atoms with E-state index < -0.39 is 6.23 Å². The van der Waals surface area contributed by atoms with Gasteiger partial charge in [-0.2, -0.15) is 5.10 Å². The van der Waals surface area contributed by atoms with Crippen molar-refractivity contribution in [2.45, 2.75) is 25.6 Å². The van der Waals surface area contributed by atoms with Crippen molar-refractivity contribution in [1.29, 1.82) is 0 Å². The summed E-state index contributed by atoms with van der Waals surface area (Å²) < 4.78 is 25.9. The van der Waals surface area contributed by atoms with Crippen molar-refractivity contribution in [3.63, 3.8) is 0 Å². The fraction of sp³-hybridized carbons (Fsp3) is 0.208. The summed E-state index contributed by atoms with van der Waals surface area (Å²) in [5.74, 6) is 1.31. The number of halogens is 1. The summed E-state index contributed by atoms with van der Waals surface area (Å²) in [6.45, 7) is 2.57. The van der Waals surface area contributed by atoms with Gasteiger partial charge in [-0.3, -0.25) is 0 Å². The van der Waals surface area contributed by atoms with Crippen LogP contribution in [0.5, 0.6) is 11.5 Å². The van der Waals surface area contributed by atoms with E-state index in [0.29, 0.717) is 6.61 Å². The molecular weight excluding hydrogens is 367 g/mol. The number of hydrogen-bond donors (Lipinski definition) is 0. The van der Waals surface area contributed by atoms with Crippen LogP contribution < -0.4 is 9.47 Å². The van der Waals surface area contributed by atoms with Crippen molar-refractivity contribution in [3.8, 4) is 11.5 Å². The molecule has 0 N–H and O–H groups in total. The molecule has 2 atom stereocenters. The van der Waals surface area contributed by atoms with Gasteiger partial charge in [-0.25, -0.2) is 9.40 Å². The quantitative estimate of drug-likeness (QED) is 0.595. The highest BCUT2D eigenvalue weighted by molar-refractivity contribution is 6.01. The normalized spacial score (nSPS) is 19.8. The highest BCUT2D eigenvalue weighted by Gasteiger charge is 2.41. The lowest BCUT2D eigenvalue weighted by Gasteiger charge is -2.38. The zero-order chi connectivity index (χ0) is 19.8. The van der Waals surface area contributed by atoms with Gasteiger partial charge >= 0.3 is 0 Å². The molecule has 2 unspecified atom stereocenters. The molecule has 0 saturated carbocycles. The molecule has 0 aromatic heterocycles. The summed E-state index contributed by atoms with van der Waals surface area (Å²) in [6.07, 6.45) is 0.268. The third-order valence-electron chi connectivity index (χ3n) is 5.31. The zero-order valence-corrected chi connectivity index (χ0v) is 16.1. The number of benzene rings is 3. The van der Waals surface area contributed by atoms with E-state index in [1.165, 1.54) is 12.1 Å². The molecule has 5 rings (SSSR count). The number of ether oxygens (including phenoxy) is 2. The third kappa shape index (κ3) is 3.23. The minimum absolute atomic E-state index is 0.00243. The van der Waals surface area contributed by atoms with Gasteiger partial charge in [-0.05, 0) is 42.8 Å². The molecule has 146 valence electrons. The number of nitrogens with zero attached hydrogens (tertiary/aromatic N) is 2. The molecule has 2 heterocycles. The van der Waals surface area contributed by atoms with Gasteiger partial charge in [0.2, 0.25) is 6.23 Å². The lowest BCUT2D eigenvalue weighted by atomic mass is 9.95. The second kappa shape index (κ2) is 7.24. The van der Waals surface area contributed by atoms with Crippen LogP contribution in [0.2, 0.25) is 0 Å². The monoisotopic (exact) mass is 388 g/mol. The first-order valence-electron chi connectivity index (χ1n) is 9.83. The predicted octanol–water partition coefficient (Wildman–Crippen LogP) is 5.47. The van der Waals surface area contributed by atoms with Crippen molar-refractivity contribution in [2.75, 3.05) is 6.61 Å². The van der Waals surface area contributed by atoms with Gasteiger partial charge in [-0.1, -0.05) is 42.5 Å². The summed E-state index contributed by atoms with van der Waals surface area (Å²) in [6, 6.07) is 22.5. The van der Waals surface area contributed by atoms with Crippen LogP contribution in [0.25, 0.3) is 0 Å². The topological polar surface area (TPSA) is 34.1 Å². The molecule has 0 bridgehead atoms. The maximum absolute atomic E-state index is 13.9. The van der Waals surface area contributed by atoms with Crippen molar-refractivity contribution in [2.24, 2.45) is 5.10 Å². The highest BCUT2D eigenvalue weighted by Crippen LogP contribution is 2.48. The van der Waals surface area contributed by atoms with Gasteiger partial charge in [0, 0.05) is 17.5 Å². The van der Waals surface area contributed by atoms with Gasteiger partial charge < -0.3 is 9.47 Å². The fourth-order valence-corrected chi connectivity index (χ4v) is 4.01. The maximum Gasteiger partial charge on any atom is 0.213 e. The van der Waals surface area contributed by atoms with Gasteiger partial charge in [-0.15, -0.1) is 0 Å². The minimum Gasteiger partial charge on any atom is -0.494 e. The Balaban J connectivity index is 1.59. The summed E-state index contributed by atoms with van der Waals surface area (Å²) >= 11 is 0. The predicted molar refractivity (Wildman–Crippen MR) is 110 cm³/mol. The van der Waals surface area contributed by atoms with Crippen molar-refractivity contribution < 1.29 is 13.9 Å². The van der Waals surface area contributed by atoms with Crippen LogP contribution >= 0.6 is 0 Å². The van der Waals surface area contributed by atoms with Crippen molar-refractivity contribution in [3.05, 3.63) is 95.3 Å². The van der Waals surface area contributed by atoms with Gasteiger partial charge in [0.15, 0.2) is 0 Å². The molecule has 2 aliphatic rings. The average molecular weight is 388 g/mol. The molecule has 2 aliphatic heterocycles. The van der Waals surface area contributed by atoms with E-state index in [2.05, 4.69) is 12.1 Å². The van der Waals surface area contributed by atoms with Crippen molar-refractivity contribution >= 4 is 5.71 Å². The molecular formula is C24H21FN2O2. The summed E-state index contributed by atoms with van der Waals surface area (Å²) in [5, 5.41) is 6.86. The van der Waals surface area contributed by atoms with E-state index in [4.69, 9.17) is 14.6 Å². The second-order valence-corrected chi connectivity index (χ2v) is 7.17. The number of rotatable bonds is 4. The molecule has 0 saturated heterocycles. The molecule has 3 aromatic rings. The van der Waals surface area contributed by atoms with Crippen LogP contribution in [-0.4, -0.2) is 17.3 Å². The van der Waals surface area contributed by atoms with E-state index in [1.54, 1.807) is 6.07 Å². The molecule has 0 spiro atoms. The van der Waals surface area contributed by atoms with Crippen LogP contribution in [0.4, 0.5) is 4.39 Å². The van der Waals surface area contributed by atoms with Crippen LogP contribution in [0, 0.1) is 5.82 Å². The molecule has 5 heteroatoms. The van der Waals surface area contributed by atoms with Gasteiger partial charge in [0.25, 0.3) is 0 Å². The molecule has 3 aromatic carbocycles. The average Bonchev–Trinajstić information content (AvgIpc) is 3.20. The second-order valence-electron chi connectivity index (χ2n) is 7.17. The molecule has 29 heavy (non-hydrogen) atoms. The van der Waals surface area contributed by atoms with Crippen molar-refractivity contribution in [1.82, 2.24) is 5.01 Å². The Hall–Kier alpha value is -3.34. The van der Waals surface area contributed by atoms with Crippen LogP contribution in [-0.2, 0) is 0 Å². The van der Waals surface area contributed by atoms with Crippen LogP contribution in [0.3, 0.4) is 0 Å². The molecule has 0 fully saturated rings. The number of hydrazone groups is 1. The van der Waals surface area contributed by atoms with Gasteiger partial charge in [0.1, 0.15) is 17.3 Å². The number of hydrogen-bond acceptors (Lipinski definition) is 4. The van der Waals surface area contributed by atoms with E-state index in [-0.39, 0.29) is 11.9 Å². The lowest BCUT2D eigenvalue weighted by Crippen LogP contribution is -2.33. The molecule has 0 amide bonds. The first-order valence-corrected chi connectivity index (χ1v) is 9.83. The Bertz CT molecular complexity index is 1070. The largest absolute Gasteiger partial charge is 0.494 e. The Kier molecular flexibility index (Phi) is 4.43. The first-order chi connectivity index (χ1) is 14.2. The third-order valence-corrected chi connectivity index (χ3v) is 5.31. The Labute approximate surface area is 169 Å². The summed E-state index contributed by atoms with van der Waals surface area (Å²) in [7, 11) is 0. The smallest absolute Gasteiger partial charge is 0.213 e. The Morgan fingerprint density at radius 1 is 1.07 bits per heavy atom. The van der Waals surface area contributed by atoms with E-state index in [0.717, 1.165) is 40.3 Å². The summed E-state index contributed by atoms with van der Waals surface area (Å²) in [4.78, 5) is 0. The molecule has 0 aliphatic carbocycles. The fourth-order valence-electron chi connectivity index (χ4n) is 4.01. The van der Waals surface area contributed by atoms with E-state index in [9.17, 15) is 4.39 Å². The van der Waals surface area contributed by atoms with E-state index >= 15 is 0 Å². The van der Waals surface area contributed by atoms with E-state index in [1.807, 2.05) is 54.4 Å². The maximum atomic E-state index is 13.9. The number of fused-ring (bicyclic) bond motifs is 3.